The third kappa shape index (κ3) is 3.38. The number of piperidine rings is 1. The van der Waals surface area contributed by atoms with E-state index in [1.165, 1.54) is 6.33 Å². The zero-order valence-corrected chi connectivity index (χ0v) is 13.6. The molecular weight excluding hydrogens is 292 g/mol. The lowest BCUT2D eigenvalue weighted by atomic mass is 9.95. The quantitative estimate of drug-likeness (QED) is 0.931. The normalized spacial score (nSPS) is 15.8. The Hall–Kier alpha value is -2.31. The van der Waals surface area contributed by atoms with Crippen LogP contribution in [0.4, 0.5) is 0 Å². The maximum absolute atomic E-state index is 12.8. The van der Waals surface area contributed by atoms with Crippen LogP contribution in [0.15, 0.2) is 12.5 Å². The van der Waals surface area contributed by atoms with Crippen molar-refractivity contribution < 1.29 is 4.79 Å². The fourth-order valence-corrected chi connectivity index (χ4v) is 3.02. The lowest BCUT2D eigenvalue weighted by Crippen LogP contribution is -2.38. The van der Waals surface area contributed by atoms with Gasteiger partial charge in [-0.2, -0.15) is 5.10 Å². The number of carbonyl (C=O) groups is 1. The number of amides is 1. The third-order valence-corrected chi connectivity index (χ3v) is 4.27. The van der Waals surface area contributed by atoms with Crippen LogP contribution in [0.25, 0.3) is 0 Å². The van der Waals surface area contributed by atoms with Crippen LogP contribution in [0, 0.1) is 6.92 Å². The maximum Gasteiger partial charge on any atom is 0.257 e. The number of aromatic amines is 1. The van der Waals surface area contributed by atoms with Crippen LogP contribution < -0.4 is 0 Å². The van der Waals surface area contributed by atoms with Crippen LogP contribution in [-0.4, -0.2) is 49.0 Å². The van der Waals surface area contributed by atoms with E-state index < -0.39 is 0 Å². The molecule has 0 unspecified atom stereocenters. The highest BCUT2D eigenvalue weighted by Gasteiger charge is 2.27. The average molecular weight is 314 g/mol. The van der Waals surface area contributed by atoms with E-state index in [2.05, 4.69) is 32.1 Å². The van der Waals surface area contributed by atoms with Crippen molar-refractivity contribution in [2.24, 2.45) is 0 Å². The second kappa shape index (κ2) is 6.85. The maximum atomic E-state index is 12.8. The van der Waals surface area contributed by atoms with Gasteiger partial charge in [0.2, 0.25) is 0 Å². The topological polar surface area (TPSA) is 87.7 Å². The summed E-state index contributed by atoms with van der Waals surface area (Å²) in [7, 11) is 0. The van der Waals surface area contributed by atoms with Gasteiger partial charge in [0.25, 0.3) is 5.91 Å². The van der Waals surface area contributed by atoms with E-state index in [0.29, 0.717) is 11.5 Å². The molecule has 1 aliphatic heterocycles. The standard InChI is InChI=1S/C16H22N6O/c1-3-4-14-13(9-17-10-18-14)16(23)22-7-5-12(6-8-22)15-19-11(2)20-21-15/h9-10,12H,3-8H2,1-2H3,(H,19,20,21). The van der Waals surface area contributed by atoms with Gasteiger partial charge in [-0.05, 0) is 26.2 Å². The highest BCUT2D eigenvalue weighted by atomic mass is 16.2. The molecule has 0 radical (unpaired) electrons. The van der Waals surface area contributed by atoms with Crippen LogP contribution in [0.5, 0.6) is 0 Å². The lowest BCUT2D eigenvalue weighted by molar-refractivity contribution is 0.0709. The Bertz CT molecular complexity index is 675. The molecule has 0 atom stereocenters. The van der Waals surface area contributed by atoms with Gasteiger partial charge < -0.3 is 4.90 Å². The Morgan fingerprint density at radius 2 is 2.17 bits per heavy atom. The molecule has 0 saturated carbocycles. The minimum Gasteiger partial charge on any atom is -0.338 e. The lowest BCUT2D eigenvalue weighted by Gasteiger charge is -2.31. The van der Waals surface area contributed by atoms with Crippen molar-refractivity contribution in [1.82, 2.24) is 30.0 Å². The second-order valence-electron chi connectivity index (χ2n) is 5.98. The summed E-state index contributed by atoms with van der Waals surface area (Å²) in [6.45, 7) is 5.43. The van der Waals surface area contributed by atoms with Crippen molar-refractivity contribution >= 4 is 5.91 Å². The SMILES string of the molecule is CCCc1ncncc1C(=O)N1CCC(c2n[nH]c(C)n2)CC1. The average Bonchev–Trinajstić information content (AvgIpc) is 3.02. The van der Waals surface area contributed by atoms with Crippen LogP contribution in [0.2, 0.25) is 0 Å². The fourth-order valence-electron chi connectivity index (χ4n) is 3.02. The van der Waals surface area contributed by atoms with Crippen LogP contribution >= 0.6 is 0 Å². The molecule has 23 heavy (non-hydrogen) atoms. The molecule has 7 heteroatoms. The molecule has 1 aliphatic rings. The van der Waals surface area contributed by atoms with Crippen molar-refractivity contribution in [2.75, 3.05) is 13.1 Å². The molecule has 1 saturated heterocycles. The molecule has 7 nitrogen and oxygen atoms in total. The van der Waals surface area contributed by atoms with Gasteiger partial charge in [-0.3, -0.25) is 9.89 Å². The molecule has 2 aromatic rings. The first-order chi connectivity index (χ1) is 11.2. The van der Waals surface area contributed by atoms with Crippen molar-refractivity contribution in [3.8, 4) is 0 Å². The van der Waals surface area contributed by atoms with Crippen LogP contribution in [-0.2, 0) is 6.42 Å². The monoisotopic (exact) mass is 314 g/mol. The van der Waals surface area contributed by atoms with Gasteiger partial charge >= 0.3 is 0 Å². The number of nitrogens with zero attached hydrogens (tertiary/aromatic N) is 5. The summed E-state index contributed by atoms with van der Waals surface area (Å²) in [5, 5.41) is 7.14. The number of hydrogen-bond donors (Lipinski definition) is 1. The first-order valence-electron chi connectivity index (χ1n) is 8.16. The van der Waals surface area contributed by atoms with Crippen LogP contribution in [0.3, 0.4) is 0 Å². The summed E-state index contributed by atoms with van der Waals surface area (Å²) in [5.41, 5.74) is 1.49. The number of likely N-dealkylation sites (tertiary alicyclic amines) is 1. The number of carbonyl (C=O) groups excluding carboxylic acids is 1. The first kappa shape index (κ1) is 15.6. The molecule has 1 amide bonds. The van der Waals surface area contributed by atoms with Gasteiger partial charge in [-0.15, -0.1) is 0 Å². The molecular formula is C16H22N6O. The molecule has 3 heterocycles. The summed E-state index contributed by atoms with van der Waals surface area (Å²) in [6.07, 6.45) is 6.70. The van der Waals surface area contributed by atoms with Crippen molar-refractivity contribution in [3.63, 3.8) is 0 Å². The number of rotatable bonds is 4. The van der Waals surface area contributed by atoms with E-state index in [0.717, 1.165) is 56.1 Å². The molecule has 0 aliphatic carbocycles. The molecule has 1 fully saturated rings. The summed E-state index contributed by atoms with van der Waals surface area (Å²) >= 11 is 0. The number of H-pyrrole nitrogens is 1. The molecule has 0 bridgehead atoms. The fraction of sp³-hybridized carbons (Fsp3) is 0.562. The number of nitrogens with one attached hydrogen (secondary N) is 1. The van der Waals surface area contributed by atoms with E-state index in [-0.39, 0.29) is 5.91 Å². The highest BCUT2D eigenvalue weighted by Crippen LogP contribution is 2.26. The van der Waals surface area contributed by atoms with E-state index in [4.69, 9.17) is 0 Å². The minimum atomic E-state index is 0.0404. The van der Waals surface area contributed by atoms with E-state index in [1.54, 1.807) is 6.20 Å². The summed E-state index contributed by atoms with van der Waals surface area (Å²) in [6, 6.07) is 0. The van der Waals surface area contributed by atoms with Crippen molar-refractivity contribution in [3.05, 3.63) is 35.4 Å². The van der Waals surface area contributed by atoms with Crippen molar-refractivity contribution in [2.45, 2.75) is 45.4 Å². The Morgan fingerprint density at radius 3 is 2.83 bits per heavy atom. The van der Waals surface area contributed by atoms with Gasteiger partial charge in [0, 0.05) is 25.2 Å². The van der Waals surface area contributed by atoms with Crippen LogP contribution in [0.1, 0.15) is 59.8 Å². The second-order valence-corrected chi connectivity index (χ2v) is 5.98. The summed E-state index contributed by atoms with van der Waals surface area (Å²) < 4.78 is 0. The highest BCUT2D eigenvalue weighted by molar-refractivity contribution is 5.95. The smallest absolute Gasteiger partial charge is 0.257 e. The van der Waals surface area contributed by atoms with Gasteiger partial charge in [0.1, 0.15) is 12.2 Å². The molecule has 122 valence electrons. The largest absolute Gasteiger partial charge is 0.338 e. The first-order valence-corrected chi connectivity index (χ1v) is 8.16. The van der Waals surface area contributed by atoms with E-state index in [1.807, 2.05) is 11.8 Å². The molecule has 3 rings (SSSR count). The molecule has 0 spiro atoms. The molecule has 2 aromatic heterocycles. The van der Waals surface area contributed by atoms with Gasteiger partial charge in [-0.25, -0.2) is 15.0 Å². The van der Waals surface area contributed by atoms with E-state index >= 15 is 0 Å². The minimum absolute atomic E-state index is 0.0404. The Balaban J connectivity index is 1.66. The summed E-state index contributed by atoms with van der Waals surface area (Å²) in [5.74, 6) is 2.07. The van der Waals surface area contributed by atoms with Gasteiger partial charge in [0.05, 0.1) is 11.3 Å². The Labute approximate surface area is 135 Å². The number of aryl methyl sites for hydroxylation is 2. The van der Waals surface area contributed by atoms with E-state index in [9.17, 15) is 4.79 Å². The molecule has 0 aromatic carbocycles. The zero-order valence-electron chi connectivity index (χ0n) is 13.6. The number of aromatic nitrogens is 5. The van der Waals surface area contributed by atoms with Crippen molar-refractivity contribution in [1.29, 1.82) is 0 Å². The zero-order chi connectivity index (χ0) is 16.2. The molecule has 1 N–H and O–H groups in total. The predicted molar refractivity (Wildman–Crippen MR) is 85.0 cm³/mol. The third-order valence-electron chi connectivity index (χ3n) is 4.27. The predicted octanol–water partition coefficient (Wildman–Crippen LogP) is 1.88. The van der Waals surface area contributed by atoms with Gasteiger partial charge in [-0.1, -0.05) is 13.3 Å². The number of hydrogen-bond acceptors (Lipinski definition) is 5. The Morgan fingerprint density at radius 1 is 1.39 bits per heavy atom. The summed E-state index contributed by atoms with van der Waals surface area (Å²) in [4.78, 5) is 27.4. The Kier molecular flexibility index (Phi) is 4.64. The van der Waals surface area contributed by atoms with Gasteiger partial charge in [0.15, 0.2) is 5.82 Å².